The molecule has 1 aliphatic carbocycles. The first-order chi connectivity index (χ1) is 7.12. The smallest absolute Gasteiger partial charge is 0.0887 e. The summed E-state index contributed by atoms with van der Waals surface area (Å²) in [5.41, 5.74) is 5.24. The SMILES string of the molecule is Bc1ccc2c(c1)C(C)(C)C(C)(C)C2(C)C. The number of hydrogen-bond donors (Lipinski definition) is 0. The molecule has 0 atom stereocenters. The third-order valence-corrected chi connectivity index (χ3v) is 5.65. The van der Waals surface area contributed by atoms with Gasteiger partial charge in [-0.1, -0.05) is 65.2 Å². The van der Waals surface area contributed by atoms with Crippen LogP contribution in [0.25, 0.3) is 0 Å². The number of hydrogen-bond acceptors (Lipinski definition) is 0. The van der Waals surface area contributed by atoms with E-state index >= 15 is 0 Å². The molecule has 0 spiro atoms. The van der Waals surface area contributed by atoms with Crippen LogP contribution in [0.1, 0.15) is 52.7 Å². The van der Waals surface area contributed by atoms with E-state index in [1.807, 2.05) is 0 Å². The van der Waals surface area contributed by atoms with Crippen LogP contribution in [0.15, 0.2) is 18.2 Å². The maximum Gasteiger partial charge on any atom is 0.139 e. The molecule has 1 aliphatic rings. The molecule has 16 heavy (non-hydrogen) atoms. The third kappa shape index (κ3) is 1.12. The van der Waals surface area contributed by atoms with Crippen molar-refractivity contribution in [3.8, 4) is 0 Å². The van der Waals surface area contributed by atoms with Crippen molar-refractivity contribution in [3.63, 3.8) is 0 Å². The first kappa shape index (κ1) is 11.8. The zero-order valence-electron chi connectivity index (χ0n) is 11.7. The second kappa shape index (κ2) is 2.94. The summed E-state index contributed by atoms with van der Waals surface area (Å²) in [6, 6.07) is 6.96. The molecule has 0 fully saturated rings. The molecule has 0 saturated carbocycles. The second-order valence-corrected chi connectivity index (χ2v) is 6.92. The predicted molar refractivity (Wildman–Crippen MR) is 74.5 cm³/mol. The van der Waals surface area contributed by atoms with Gasteiger partial charge in [0.05, 0.1) is 0 Å². The van der Waals surface area contributed by atoms with Crippen LogP contribution in [0.3, 0.4) is 0 Å². The first-order valence-electron chi connectivity index (χ1n) is 6.24. The fraction of sp³-hybridized carbons (Fsp3) is 0.600. The predicted octanol–water partition coefficient (Wildman–Crippen LogP) is 2.54. The fourth-order valence-corrected chi connectivity index (χ4v) is 3.17. The van der Waals surface area contributed by atoms with E-state index in [2.05, 4.69) is 67.6 Å². The van der Waals surface area contributed by atoms with Crippen LogP contribution < -0.4 is 5.46 Å². The molecule has 0 bridgehead atoms. The Hall–Kier alpha value is -0.715. The molecule has 1 heteroatoms. The van der Waals surface area contributed by atoms with Crippen molar-refractivity contribution in [1.29, 1.82) is 0 Å². The van der Waals surface area contributed by atoms with E-state index in [0.29, 0.717) is 0 Å². The van der Waals surface area contributed by atoms with Crippen LogP contribution in [0.4, 0.5) is 0 Å². The Kier molecular flexibility index (Phi) is 2.16. The lowest BCUT2D eigenvalue weighted by molar-refractivity contribution is 0.125. The number of rotatable bonds is 0. The molecule has 0 unspecified atom stereocenters. The Morgan fingerprint density at radius 1 is 0.812 bits per heavy atom. The van der Waals surface area contributed by atoms with Crippen LogP contribution in [0, 0.1) is 5.41 Å². The van der Waals surface area contributed by atoms with Crippen LogP contribution in [-0.2, 0) is 10.8 Å². The highest BCUT2D eigenvalue weighted by molar-refractivity contribution is 6.32. The largest absolute Gasteiger partial charge is 0.139 e. The van der Waals surface area contributed by atoms with Crippen molar-refractivity contribution in [2.24, 2.45) is 5.41 Å². The molecule has 2 rings (SSSR count). The van der Waals surface area contributed by atoms with Gasteiger partial charge >= 0.3 is 0 Å². The van der Waals surface area contributed by atoms with Crippen LogP contribution in [-0.4, -0.2) is 7.85 Å². The van der Waals surface area contributed by atoms with Gasteiger partial charge in [-0.05, 0) is 27.4 Å². The molecular formula is C15H23B. The summed E-state index contributed by atoms with van der Waals surface area (Å²) in [5, 5.41) is 0. The van der Waals surface area contributed by atoms with Gasteiger partial charge in [-0.2, -0.15) is 0 Å². The molecule has 0 nitrogen and oxygen atoms in total. The Morgan fingerprint density at radius 2 is 1.31 bits per heavy atom. The van der Waals surface area contributed by atoms with E-state index in [1.54, 1.807) is 5.56 Å². The quantitative estimate of drug-likeness (QED) is 0.582. The second-order valence-electron chi connectivity index (χ2n) is 6.92. The van der Waals surface area contributed by atoms with E-state index in [9.17, 15) is 0 Å². The molecule has 1 aromatic carbocycles. The molecule has 0 aromatic heterocycles. The molecule has 1 aromatic rings. The molecule has 0 N–H and O–H groups in total. The summed E-state index contributed by atoms with van der Waals surface area (Å²) >= 11 is 0. The van der Waals surface area contributed by atoms with E-state index in [0.717, 1.165) is 0 Å². The summed E-state index contributed by atoms with van der Waals surface area (Å²) < 4.78 is 0. The lowest BCUT2D eigenvalue weighted by atomic mass is 9.59. The lowest BCUT2D eigenvalue weighted by Crippen LogP contribution is -2.42. The summed E-state index contributed by atoms with van der Waals surface area (Å²) in [7, 11) is 2.19. The Balaban J connectivity index is 2.79. The molecule has 0 heterocycles. The van der Waals surface area contributed by atoms with Gasteiger partial charge in [0.15, 0.2) is 0 Å². The lowest BCUT2D eigenvalue weighted by Gasteiger charge is -2.44. The van der Waals surface area contributed by atoms with Crippen molar-refractivity contribution in [3.05, 3.63) is 29.3 Å². The molecule has 0 amide bonds. The number of benzene rings is 1. The molecular weight excluding hydrogens is 191 g/mol. The van der Waals surface area contributed by atoms with Crippen molar-refractivity contribution < 1.29 is 0 Å². The summed E-state index contributed by atoms with van der Waals surface area (Å²) in [5.74, 6) is 0. The topological polar surface area (TPSA) is 0 Å². The average molecular weight is 214 g/mol. The Labute approximate surface area is 101 Å². The maximum absolute atomic E-state index is 2.41. The monoisotopic (exact) mass is 214 g/mol. The van der Waals surface area contributed by atoms with Crippen molar-refractivity contribution >= 4 is 13.3 Å². The van der Waals surface area contributed by atoms with Crippen molar-refractivity contribution in [2.75, 3.05) is 0 Å². The first-order valence-corrected chi connectivity index (χ1v) is 6.24. The zero-order chi connectivity index (χ0) is 12.4. The van der Waals surface area contributed by atoms with Gasteiger partial charge in [0, 0.05) is 0 Å². The van der Waals surface area contributed by atoms with Gasteiger partial charge in [0.2, 0.25) is 0 Å². The minimum atomic E-state index is 0.248. The van der Waals surface area contributed by atoms with Crippen LogP contribution in [0.2, 0.25) is 0 Å². The summed E-state index contributed by atoms with van der Waals surface area (Å²) in [6.07, 6.45) is 0. The summed E-state index contributed by atoms with van der Waals surface area (Å²) in [6.45, 7) is 14.4. The van der Waals surface area contributed by atoms with Gasteiger partial charge in [0.1, 0.15) is 7.85 Å². The van der Waals surface area contributed by atoms with Crippen LogP contribution >= 0.6 is 0 Å². The van der Waals surface area contributed by atoms with Crippen molar-refractivity contribution in [1.82, 2.24) is 0 Å². The zero-order valence-corrected chi connectivity index (χ0v) is 11.7. The van der Waals surface area contributed by atoms with Crippen LogP contribution in [0.5, 0.6) is 0 Å². The van der Waals surface area contributed by atoms with Gasteiger partial charge in [-0.3, -0.25) is 0 Å². The normalized spacial score (nSPS) is 24.1. The minimum absolute atomic E-state index is 0.248. The van der Waals surface area contributed by atoms with Gasteiger partial charge in [0.25, 0.3) is 0 Å². The highest BCUT2D eigenvalue weighted by Crippen LogP contribution is 2.61. The standard InChI is InChI=1S/C15H23B/c1-13(2)11-8-7-10(16)9-12(11)14(3,4)15(13,5)6/h7-9H,16H2,1-6H3. The van der Waals surface area contributed by atoms with E-state index < -0.39 is 0 Å². The maximum atomic E-state index is 2.41. The van der Waals surface area contributed by atoms with E-state index in [-0.39, 0.29) is 16.2 Å². The minimum Gasteiger partial charge on any atom is -0.0887 e. The Morgan fingerprint density at radius 3 is 1.88 bits per heavy atom. The molecule has 0 aliphatic heterocycles. The highest BCUT2D eigenvalue weighted by atomic mass is 14.6. The molecule has 86 valence electrons. The Bertz CT molecular complexity index is 439. The molecule has 0 saturated heterocycles. The fourth-order valence-electron chi connectivity index (χ4n) is 3.17. The van der Waals surface area contributed by atoms with Gasteiger partial charge in [-0.25, -0.2) is 0 Å². The third-order valence-electron chi connectivity index (χ3n) is 5.65. The van der Waals surface area contributed by atoms with E-state index in [4.69, 9.17) is 0 Å². The molecule has 0 radical (unpaired) electrons. The van der Waals surface area contributed by atoms with Gasteiger partial charge < -0.3 is 0 Å². The summed E-state index contributed by atoms with van der Waals surface area (Å²) in [4.78, 5) is 0. The van der Waals surface area contributed by atoms with Crippen molar-refractivity contribution in [2.45, 2.75) is 52.4 Å². The average Bonchev–Trinajstić information content (AvgIpc) is 2.24. The number of fused-ring (bicyclic) bond motifs is 1. The highest BCUT2D eigenvalue weighted by Gasteiger charge is 2.56. The van der Waals surface area contributed by atoms with E-state index in [1.165, 1.54) is 11.0 Å². The van der Waals surface area contributed by atoms with Gasteiger partial charge in [-0.15, -0.1) is 0 Å².